The Morgan fingerprint density at radius 1 is 1.00 bits per heavy atom. The molecule has 180 valence electrons. The van der Waals surface area contributed by atoms with Gasteiger partial charge in [0.1, 0.15) is 5.75 Å². The average molecular weight is 535 g/mol. The van der Waals surface area contributed by atoms with Gasteiger partial charge in [0.2, 0.25) is 0 Å². The molecule has 7 heteroatoms. The van der Waals surface area contributed by atoms with Gasteiger partial charge in [-0.05, 0) is 83.9 Å². The van der Waals surface area contributed by atoms with Crippen molar-refractivity contribution in [3.05, 3.63) is 80.6 Å². The van der Waals surface area contributed by atoms with Crippen LogP contribution in [0.5, 0.6) is 5.75 Å². The Morgan fingerprint density at radius 3 is 2.31 bits per heavy atom. The predicted octanol–water partition coefficient (Wildman–Crippen LogP) is 5.48. The van der Waals surface area contributed by atoms with Crippen LogP contribution in [0.1, 0.15) is 55.6 Å². The first-order valence-corrected chi connectivity index (χ1v) is 12.8. The van der Waals surface area contributed by atoms with Crippen LogP contribution in [0.3, 0.4) is 0 Å². The number of ketones is 2. The number of hydrogen-bond acceptors (Lipinski definition) is 5. The molecular weight excluding hydrogens is 508 g/mol. The lowest BCUT2D eigenvalue weighted by atomic mass is 9.71. The molecule has 35 heavy (non-hydrogen) atoms. The highest BCUT2D eigenvalue weighted by atomic mass is 79.9. The van der Waals surface area contributed by atoms with Gasteiger partial charge < -0.3 is 15.4 Å². The second-order valence-corrected chi connectivity index (χ2v) is 10.1. The minimum atomic E-state index is -0.364. The Morgan fingerprint density at radius 2 is 1.69 bits per heavy atom. The van der Waals surface area contributed by atoms with E-state index in [1.165, 1.54) is 0 Å². The molecule has 0 saturated carbocycles. The zero-order valence-corrected chi connectivity index (χ0v) is 21.2. The number of carbonyl (C=O) groups is 3. The average Bonchev–Trinajstić information content (AvgIpc) is 2.82. The predicted molar refractivity (Wildman–Crippen MR) is 137 cm³/mol. The molecule has 2 aromatic carbocycles. The number of anilines is 1. The molecule has 1 aliphatic heterocycles. The maximum Gasteiger partial charge on any atom is 0.262 e. The van der Waals surface area contributed by atoms with Crippen molar-refractivity contribution in [1.82, 2.24) is 5.32 Å². The van der Waals surface area contributed by atoms with Crippen LogP contribution in [-0.2, 0) is 14.4 Å². The molecule has 6 nitrogen and oxygen atoms in total. The smallest absolute Gasteiger partial charge is 0.262 e. The molecular formula is C28H27BrN2O4. The zero-order valence-electron chi connectivity index (χ0n) is 19.6. The van der Waals surface area contributed by atoms with Gasteiger partial charge in [0.15, 0.2) is 18.2 Å². The molecule has 0 aromatic heterocycles. The van der Waals surface area contributed by atoms with E-state index in [9.17, 15) is 14.4 Å². The lowest BCUT2D eigenvalue weighted by Crippen LogP contribution is -2.36. The molecule has 1 heterocycles. The van der Waals surface area contributed by atoms with E-state index in [1.807, 2.05) is 43.3 Å². The van der Waals surface area contributed by atoms with Crippen LogP contribution in [-0.4, -0.2) is 24.1 Å². The molecule has 0 unspecified atom stereocenters. The number of halogens is 1. The summed E-state index contributed by atoms with van der Waals surface area (Å²) in [4.78, 5) is 38.3. The molecule has 0 fully saturated rings. The maximum absolute atomic E-state index is 13.0. The number of carbonyl (C=O) groups excluding carboxylic acids is 3. The van der Waals surface area contributed by atoms with Gasteiger partial charge in [0.05, 0.1) is 4.47 Å². The molecule has 3 aliphatic rings. The van der Waals surface area contributed by atoms with Gasteiger partial charge >= 0.3 is 0 Å². The number of hydrogen-bond donors (Lipinski definition) is 2. The van der Waals surface area contributed by atoms with E-state index in [2.05, 4.69) is 26.6 Å². The number of nitrogens with one attached hydrogen (secondary N) is 2. The fraction of sp³-hybridized carbons (Fsp3) is 0.321. The lowest BCUT2D eigenvalue weighted by Gasteiger charge is -2.37. The summed E-state index contributed by atoms with van der Waals surface area (Å²) in [7, 11) is 0. The summed E-state index contributed by atoms with van der Waals surface area (Å²) in [6, 6.07) is 13.2. The largest absolute Gasteiger partial charge is 0.483 e. The van der Waals surface area contributed by atoms with E-state index in [-0.39, 0.29) is 30.0 Å². The molecule has 0 spiro atoms. The summed E-state index contributed by atoms with van der Waals surface area (Å²) < 4.78 is 6.44. The van der Waals surface area contributed by atoms with Crippen molar-refractivity contribution in [3.8, 4) is 5.75 Å². The second-order valence-electron chi connectivity index (χ2n) is 9.29. The minimum absolute atomic E-state index is 0.109. The Bertz CT molecular complexity index is 1250. The Labute approximate surface area is 212 Å². The second kappa shape index (κ2) is 9.82. The van der Waals surface area contributed by atoms with E-state index < -0.39 is 0 Å². The third kappa shape index (κ3) is 4.82. The van der Waals surface area contributed by atoms with Crippen molar-refractivity contribution in [2.75, 3.05) is 11.9 Å². The number of benzene rings is 2. The van der Waals surface area contributed by atoms with Crippen molar-refractivity contribution in [2.24, 2.45) is 0 Å². The number of amides is 1. The molecule has 1 amide bonds. The number of aryl methyl sites for hydroxylation is 1. The van der Waals surface area contributed by atoms with Crippen LogP contribution < -0.4 is 15.4 Å². The van der Waals surface area contributed by atoms with Gasteiger partial charge in [-0.1, -0.05) is 18.2 Å². The summed E-state index contributed by atoms with van der Waals surface area (Å²) in [5.41, 5.74) is 6.03. The monoisotopic (exact) mass is 534 g/mol. The molecule has 2 aromatic rings. The molecule has 0 radical (unpaired) electrons. The number of dihydropyridines is 1. The van der Waals surface area contributed by atoms with Crippen molar-refractivity contribution in [1.29, 1.82) is 0 Å². The first-order valence-electron chi connectivity index (χ1n) is 12.0. The first-order chi connectivity index (χ1) is 16.9. The lowest BCUT2D eigenvalue weighted by molar-refractivity contribution is -0.118. The van der Waals surface area contributed by atoms with Crippen molar-refractivity contribution < 1.29 is 19.1 Å². The van der Waals surface area contributed by atoms with Crippen LogP contribution >= 0.6 is 15.9 Å². The van der Waals surface area contributed by atoms with Crippen LogP contribution in [0.2, 0.25) is 0 Å². The summed E-state index contributed by atoms with van der Waals surface area (Å²) in [6.45, 7) is 1.83. The van der Waals surface area contributed by atoms with Crippen molar-refractivity contribution in [3.63, 3.8) is 0 Å². The normalized spacial score (nSPS) is 18.1. The third-order valence-electron chi connectivity index (χ3n) is 6.74. The number of Topliss-reactive ketones (excluding diaryl/α,β-unsaturated/α-hetero) is 2. The fourth-order valence-electron chi connectivity index (χ4n) is 5.19. The third-order valence-corrected chi connectivity index (χ3v) is 7.36. The van der Waals surface area contributed by atoms with E-state index in [4.69, 9.17) is 4.74 Å². The number of allylic oxidation sites excluding steroid dienone is 4. The van der Waals surface area contributed by atoms with Gasteiger partial charge in [-0.15, -0.1) is 0 Å². The van der Waals surface area contributed by atoms with Crippen LogP contribution in [0.15, 0.2) is 69.5 Å². The molecule has 0 saturated heterocycles. The summed E-state index contributed by atoms with van der Waals surface area (Å²) >= 11 is 3.57. The summed E-state index contributed by atoms with van der Waals surface area (Å²) in [5, 5.41) is 6.27. The molecule has 2 aliphatic carbocycles. The maximum atomic E-state index is 13.0. The highest BCUT2D eigenvalue weighted by Gasteiger charge is 2.40. The van der Waals surface area contributed by atoms with Gasteiger partial charge in [0.25, 0.3) is 5.91 Å². The Kier molecular flexibility index (Phi) is 6.60. The number of rotatable bonds is 5. The van der Waals surface area contributed by atoms with Crippen molar-refractivity contribution in [2.45, 2.75) is 51.4 Å². The van der Waals surface area contributed by atoms with Gasteiger partial charge in [-0.3, -0.25) is 14.4 Å². The Balaban J connectivity index is 1.38. The van der Waals surface area contributed by atoms with Gasteiger partial charge in [0, 0.05) is 47.0 Å². The SMILES string of the molecule is Cc1cccc(NC(=O)COc2ccc(C3C4=C(CCCC4=O)NC4=C3C(=O)CCC4)cc2Br)c1. The molecule has 0 atom stereocenters. The van der Waals surface area contributed by atoms with Crippen LogP contribution in [0.25, 0.3) is 0 Å². The fourth-order valence-corrected chi connectivity index (χ4v) is 5.70. The first kappa shape index (κ1) is 23.5. The van der Waals surface area contributed by atoms with E-state index in [1.54, 1.807) is 6.07 Å². The van der Waals surface area contributed by atoms with Crippen LogP contribution in [0, 0.1) is 6.92 Å². The summed E-state index contributed by atoms with van der Waals surface area (Å²) in [6.07, 6.45) is 4.31. The van der Waals surface area contributed by atoms with Crippen molar-refractivity contribution >= 4 is 39.1 Å². The van der Waals surface area contributed by atoms with Crippen LogP contribution in [0.4, 0.5) is 5.69 Å². The molecule has 0 bridgehead atoms. The molecule has 2 N–H and O–H groups in total. The van der Waals surface area contributed by atoms with E-state index >= 15 is 0 Å². The topological polar surface area (TPSA) is 84.5 Å². The van der Waals surface area contributed by atoms with Gasteiger partial charge in [-0.2, -0.15) is 0 Å². The van der Waals surface area contributed by atoms with Gasteiger partial charge in [-0.25, -0.2) is 0 Å². The number of ether oxygens (including phenoxy) is 1. The zero-order chi connectivity index (χ0) is 24.5. The minimum Gasteiger partial charge on any atom is -0.483 e. The summed E-state index contributed by atoms with van der Waals surface area (Å²) in [5.74, 6) is 0.123. The highest BCUT2D eigenvalue weighted by molar-refractivity contribution is 9.10. The quantitative estimate of drug-likeness (QED) is 0.530. The van der Waals surface area contributed by atoms with E-state index in [0.29, 0.717) is 23.1 Å². The standard InChI is InChI=1S/C28H27BrN2O4/c1-16-5-2-6-18(13-16)30-25(34)15-35-24-12-11-17(14-19(24)29)26-27-20(7-3-9-22(27)32)31-21-8-4-10-23(33)28(21)26/h2,5-6,11-14,26,31H,3-4,7-10,15H2,1H3,(H,30,34). The highest BCUT2D eigenvalue weighted by Crippen LogP contribution is 2.46. The molecule has 5 rings (SSSR count). The Hall–Kier alpha value is -3.19. The van der Waals surface area contributed by atoms with E-state index in [0.717, 1.165) is 65.0 Å².